The van der Waals surface area contributed by atoms with Gasteiger partial charge in [-0.1, -0.05) is 12.1 Å². The molecule has 0 unspecified atom stereocenters. The summed E-state index contributed by atoms with van der Waals surface area (Å²) in [6, 6.07) is 9.50. The van der Waals surface area contributed by atoms with Crippen molar-refractivity contribution in [3.63, 3.8) is 0 Å². The predicted molar refractivity (Wildman–Crippen MR) is 77.1 cm³/mol. The number of hydrogen-bond donors (Lipinski definition) is 0. The number of benzene rings is 1. The summed E-state index contributed by atoms with van der Waals surface area (Å²) in [6.45, 7) is 1.79. The van der Waals surface area contributed by atoms with Crippen LogP contribution in [0.5, 0.6) is 5.75 Å². The van der Waals surface area contributed by atoms with Gasteiger partial charge in [-0.15, -0.1) is 0 Å². The second-order valence-corrected chi connectivity index (χ2v) is 5.45. The maximum atomic E-state index is 8.90. The van der Waals surface area contributed by atoms with Crippen LogP contribution in [-0.2, 0) is 0 Å². The Bertz CT molecular complexity index is 388. The van der Waals surface area contributed by atoms with Gasteiger partial charge < -0.3 is 9.64 Å². The Morgan fingerprint density at radius 3 is 2.78 bits per heavy atom. The van der Waals surface area contributed by atoms with Crippen molar-refractivity contribution in [2.45, 2.75) is 6.42 Å². The first-order valence-corrected chi connectivity index (χ1v) is 7.24. The van der Waals surface area contributed by atoms with Crippen LogP contribution in [0, 0.1) is 11.3 Å². The van der Waals surface area contributed by atoms with Gasteiger partial charge in [0.05, 0.1) is 12.2 Å². The van der Waals surface area contributed by atoms with Crippen molar-refractivity contribution in [3.05, 3.63) is 29.8 Å². The van der Waals surface area contributed by atoms with Crippen molar-refractivity contribution in [1.29, 1.82) is 5.26 Å². The van der Waals surface area contributed by atoms with Gasteiger partial charge in [0.15, 0.2) is 0 Å². The van der Waals surface area contributed by atoms with Crippen LogP contribution in [0.4, 0.5) is 0 Å². The summed E-state index contributed by atoms with van der Waals surface area (Å²) in [4.78, 5) is 2.19. The molecule has 0 saturated carbocycles. The lowest BCUT2D eigenvalue weighted by Gasteiger charge is -2.09. The van der Waals surface area contributed by atoms with Crippen LogP contribution in [0.1, 0.15) is 12.0 Å². The first-order valence-electron chi connectivity index (χ1n) is 6.08. The fourth-order valence-corrected chi connectivity index (χ4v) is 2.40. The van der Waals surface area contributed by atoms with E-state index in [1.165, 1.54) is 0 Å². The lowest BCUT2D eigenvalue weighted by Crippen LogP contribution is -2.15. The summed E-state index contributed by atoms with van der Waals surface area (Å²) in [5.74, 6) is 2.95. The number of thioether (sulfide) groups is 1. The Kier molecular flexibility index (Phi) is 7.31. The van der Waals surface area contributed by atoms with Gasteiger partial charge in [-0.2, -0.15) is 17.0 Å². The van der Waals surface area contributed by atoms with Crippen molar-refractivity contribution in [2.75, 3.05) is 38.8 Å². The van der Waals surface area contributed by atoms with Gasteiger partial charge in [-0.05, 0) is 38.4 Å². The first kappa shape index (κ1) is 14.9. The standard InChI is InChI=1S/C14H20N2OS/c1-16(2)8-11-18-10-5-9-17-14-7-4-3-6-13(14)12-15/h3-4,6-7H,5,8-11H2,1-2H3. The number of hydrogen-bond acceptors (Lipinski definition) is 4. The second kappa shape index (κ2) is 8.84. The Labute approximate surface area is 114 Å². The molecule has 0 saturated heterocycles. The highest BCUT2D eigenvalue weighted by molar-refractivity contribution is 7.99. The molecule has 0 aliphatic carbocycles. The molecule has 1 aromatic rings. The zero-order valence-electron chi connectivity index (χ0n) is 11.1. The van der Waals surface area contributed by atoms with Gasteiger partial charge in [0, 0.05) is 12.3 Å². The minimum atomic E-state index is 0.609. The van der Waals surface area contributed by atoms with E-state index in [-0.39, 0.29) is 0 Å². The van der Waals surface area contributed by atoms with Crippen molar-refractivity contribution in [3.8, 4) is 11.8 Å². The molecule has 0 heterocycles. The molecule has 0 aliphatic heterocycles. The van der Waals surface area contributed by atoms with Crippen LogP contribution in [0.3, 0.4) is 0 Å². The van der Waals surface area contributed by atoms with Crippen molar-refractivity contribution in [1.82, 2.24) is 4.90 Å². The van der Waals surface area contributed by atoms with Gasteiger partial charge >= 0.3 is 0 Å². The van der Waals surface area contributed by atoms with E-state index < -0.39 is 0 Å². The van der Waals surface area contributed by atoms with Gasteiger partial charge in [-0.25, -0.2) is 0 Å². The van der Waals surface area contributed by atoms with E-state index in [4.69, 9.17) is 10.00 Å². The minimum Gasteiger partial charge on any atom is -0.492 e. The molecule has 18 heavy (non-hydrogen) atoms. The molecule has 0 fully saturated rings. The molecule has 0 aliphatic rings. The van der Waals surface area contributed by atoms with Crippen LogP contribution in [0.15, 0.2) is 24.3 Å². The average molecular weight is 264 g/mol. The summed E-state index contributed by atoms with van der Waals surface area (Å²) in [6.07, 6.45) is 1.01. The molecule has 1 aromatic carbocycles. The second-order valence-electron chi connectivity index (χ2n) is 4.23. The zero-order chi connectivity index (χ0) is 13.2. The Morgan fingerprint density at radius 2 is 2.06 bits per heavy atom. The SMILES string of the molecule is CN(C)CCSCCCOc1ccccc1C#N. The Hall–Kier alpha value is -1.18. The fourth-order valence-electron chi connectivity index (χ4n) is 1.38. The topological polar surface area (TPSA) is 36.3 Å². The highest BCUT2D eigenvalue weighted by Gasteiger charge is 2.00. The Morgan fingerprint density at radius 1 is 1.28 bits per heavy atom. The maximum Gasteiger partial charge on any atom is 0.137 e. The van der Waals surface area contributed by atoms with Gasteiger partial charge in [0.2, 0.25) is 0 Å². The molecule has 1 rings (SSSR count). The monoisotopic (exact) mass is 264 g/mol. The molecular formula is C14H20N2OS. The largest absolute Gasteiger partial charge is 0.492 e. The maximum absolute atomic E-state index is 8.90. The van der Waals surface area contributed by atoms with Crippen molar-refractivity contribution < 1.29 is 4.74 Å². The number of ether oxygens (including phenoxy) is 1. The number of nitrogens with zero attached hydrogens (tertiary/aromatic N) is 2. The molecule has 0 spiro atoms. The number of para-hydroxylation sites is 1. The van der Waals surface area contributed by atoms with Crippen molar-refractivity contribution in [2.24, 2.45) is 0 Å². The lowest BCUT2D eigenvalue weighted by molar-refractivity contribution is 0.318. The van der Waals surface area contributed by atoms with Crippen molar-refractivity contribution >= 4 is 11.8 Å². The van der Waals surface area contributed by atoms with Crippen LogP contribution in [0.25, 0.3) is 0 Å². The summed E-state index contributed by atoms with van der Waals surface area (Å²) < 4.78 is 5.61. The third-order valence-corrected chi connectivity index (χ3v) is 3.43. The van der Waals surface area contributed by atoms with E-state index in [0.29, 0.717) is 17.9 Å². The third kappa shape index (κ3) is 5.95. The van der Waals surface area contributed by atoms with Crippen LogP contribution in [0.2, 0.25) is 0 Å². The molecule has 0 amide bonds. The smallest absolute Gasteiger partial charge is 0.137 e. The summed E-state index contributed by atoms with van der Waals surface area (Å²) in [5, 5.41) is 8.90. The van der Waals surface area contributed by atoms with E-state index in [9.17, 15) is 0 Å². The molecule has 0 bridgehead atoms. The summed E-state index contributed by atoms with van der Waals surface area (Å²) in [5.41, 5.74) is 0.609. The molecular weight excluding hydrogens is 244 g/mol. The highest BCUT2D eigenvalue weighted by atomic mass is 32.2. The lowest BCUT2D eigenvalue weighted by atomic mass is 10.2. The molecule has 3 nitrogen and oxygen atoms in total. The number of nitriles is 1. The molecule has 0 atom stereocenters. The fraction of sp³-hybridized carbons (Fsp3) is 0.500. The van der Waals surface area contributed by atoms with E-state index in [0.717, 1.165) is 24.5 Å². The van der Waals surface area contributed by atoms with E-state index in [2.05, 4.69) is 25.1 Å². The quantitative estimate of drug-likeness (QED) is 0.676. The predicted octanol–water partition coefficient (Wildman–Crippen LogP) is 2.62. The third-order valence-electron chi connectivity index (χ3n) is 2.38. The number of rotatable bonds is 8. The molecule has 0 N–H and O–H groups in total. The molecule has 0 aromatic heterocycles. The van der Waals surface area contributed by atoms with Crippen LogP contribution in [-0.4, -0.2) is 43.7 Å². The molecule has 4 heteroatoms. The van der Waals surface area contributed by atoms with Gasteiger partial charge in [0.1, 0.15) is 11.8 Å². The highest BCUT2D eigenvalue weighted by Crippen LogP contribution is 2.16. The van der Waals surface area contributed by atoms with E-state index in [1.54, 1.807) is 6.07 Å². The van der Waals surface area contributed by atoms with E-state index >= 15 is 0 Å². The van der Waals surface area contributed by atoms with E-state index in [1.807, 2.05) is 30.0 Å². The van der Waals surface area contributed by atoms with Crippen LogP contribution < -0.4 is 4.74 Å². The van der Waals surface area contributed by atoms with Gasteiger partial charge in [-0.3, -0.25) is 0 Å². The summed E-state index contributed by atoms with van der Waals surface area (Å²) in [7, 11) is 4.17. The molecule has 98 valence electrons. The molecule has 0 radical (unpaired) electrons. The van der Waals surface area contributed by atoms with Crippen LogP contribution >= 0.6 is 11.8 Å². The Balaban J connectivity index is 2.13. The first-order chi connectivity index (χ1) is 8.74. The summed E-state index contributed by atoms with van der Waals surface area (Å²) >= 11 is 1.94. The zero-order valence-corrected chi connectivity index (χ0v) is 11.9. The van der Waals surface area contributed by atoms with Gasteiger partial charge in [0.25, 0.3) is 0 Å². The average Bonchev–Trinajstić information content (AvgIpc) is 2.37. The normalized spacial score (nSPS) is 10.3. The minimum absolute atomic E-state index is 0.609.